The van der Waals surface area contributed by atoms with Gasteiger partial charge in [0.05, 0.1) is 11.3 Å². The highest BCUT2D eigenvalue weighted by atomic mass is 16.1. The van der Waals surface area contributed by atoms with Gasteiger partial charge in [-0.2, -0.15) is 5.26 Å². The van der Waals surface area contributed by atoms with Crippen molar-refractivity contribution in [3.8, 4) is 17.5 Å². The summed E-state index contributed by atoms with van der Waals surface area (Å²) in [6.07, 6.45) is 4.60. The van der Waals surface area contributed by atoms with Crippen LogP contribution in [-0.2, 0) is 0 Å². The van der Waals surface area contributed by atoms with Crippen LogP contribution in [0.4, 0.5) is 11.5 Å². The Morgan fingerprint density at radius 1 is 1.00 bits per heavy atom. The van der Waals surface area contributed by atoms with Crippen LogP contribution in [0.15, 0.2) is 60.7 Å². The minimum absolute atomic E-state index is 0.257. The lowest BCUT2D eigenvalue weighted by Gasteiger charge is -2.15. The van der Waals surface area contributed by atoms with Gasteiger partial charge in [0.15, 0.2) is 5.82 Å². The number of amides is 1. The van der Waals surface area contributed by atoms with Crippen LogP contribution in [0.1, 0.15) is 41.7 Å². The van der Waals surface area contributed by atoms with Gasteiger partial charge in [0.25, 0.3) is 5.91 Å². The molecule has 1 amide bonds. The number of nitrogens with one attached hydrogen (secondary N) is 2. The van der Waals surface area contributed by atoms with E-state index in [1.807, 2.05) is 30.3 Å². The first kappa shape index (κ1) is 18.6. The van der Waals surface area contributed by atoms with E-state index in [1.165, 1.54) is 12.8 Å². The lowest BCUT2D eigenvalue weighted by Crippen LogP contribution is -2.19. The minimum Gasteiger partial charge on any atom is -0.367 e. The van der Waals surface area contributed by atoms with Gasteiger partial charge in [-0.15, -0.1) is 0 Å². The van der Waals surface area contributed by atoms with E-state index in [0.29, 0.717) is 28.9 Å². The number of hydrogen-bond acceptors (Lipinski definition) is 5. The Morgan fingerprint density at radius 2 is 1.72 bits per heavy atom. The topological polar surface area (TPSA) is 90.7 Å². The van der Waals surface area contributed by atoms with Gasteiger partial charge in [-0.05, 0) is 25.0 Å². The van der Waals surface area contributed by atoms with Crippen LogP contribution in [0.2, 0.25) is 0 Å². The van der Waals surface area contributed by atoms with E-state index in [0.717, 1.165) is 18.4 Å². The second kappa shape index (κ2) is 8.53. The highest BCUT2D eigenvalue weighted by molar-refractivity contribution is 6.04. The summed E-state index contributed by atoms with van der Waals surface area (Å²) in [6.45, 7) is 0. The first-order valence-electron chi connectivity index (χ1n) is 9.74. The maximum Gasteiger partial charge on any atom is 0.274 e. The highest BCUT2D eigenvalue weighted by Crippen LogP contribution is 2.24. The third-order valence-corrected chi connectivity index (χ3v) is 4.99. The molecule has 1 heterocycles. The Labute approximate surface area is 169 Å². The average molecular weight is 383 g/mol. The maximum absolute atomic E-state index is 12.9. The van der Waals surface area contributed by atoms with Gasteiger partial charge in [0.1, 0.15) is 17.6 Å². The zero-order chi connectivity index (χ0) is 20.1. The Balaban J connectivity index is 1.67. The number of nitrogens with zero attached hydrogens (tertiary/aromatic N) is 3. The van der Waals surface area contributed by atoms with Gasteiger partial charge >= 0.3 is 0 Å². The number of carbonyl (C=O) groups is 1. The molecule has 3 aromatic rings. The molecular formula is C23H21N5O. The number of hydrogen-bond donors (Lipinski definition) is 2. The van der Waals surface area contributed by atoms with Crippen molar-refractivity contribution < 1.29 is 4.79 Å². The fourth-order valence-corrected chi connectivity index (χ4v) is 3.51. The second-order valence-electron chi connectivity index (χ2n) is 7.07. The first-order chi connectivity index (χ1) is 14.2. The molecule has 0 bridgehead atoms. The number of rotatable bonds is 5. The largest absolute Gasteiger partial charge is 0.367 e. The number of anilines is 2. The molecule has 1 aromatic heterocycles. The lowest BCUT2D eigenvalue weighted by molar-refractivity contribution is 0.102. The quantitative estimate of drug-likeness (QED) is 0.671. The molecule has 2 aromatic carbocycles. The first-order valence-corrected chi connectivity index (χ1v) is 9.74. The van der Waals surface area contributed by atoms with Gasteiger partial charge in [-0.25, -0.2) is 9.97 Å². The van der Waals surface area contributed by atoms with E-state index in [2.05, 4.69) is 26.7 Å². The van der Waals surface area contributed by atoms with E-state index >= 15 is 0 Å². The standard InChI is InChI=1S/C23H21N5O/c24-15-17-10-4-7-13-19(17)27-23(29)20-14-21(25-18-11-5-6-12-18)28-22(26-20)16-8-2-1-3-9-16/h1-4,7-10,13-14,18H,5-6,11-12H2,(H,27,29)(H,25,26,28). The van der Waals surface area contributed by atoms with E-state index in [-0.39, 0.29) is 11.6 Å². The summed E-state index contributed by atoms with van der Waals surface area (Å²) >= 11 is 0. The van der Waals surface area contributed by atoms with Crippen molar-refractivity contribution in [1.29, 1.82) is 5.26 Å². The zero-order valence-electron chi connectivity index (χ0n) is 15.9. The van der Waals surface area contributed by atoms with Crippen LogP contribution >= 0.6 is 0 Å². The molecule has 1 aliphatic rings. The lowest BCUT2D eigenvalue weighted by atomic mass is 10.2. The molecule has 0 atom stereocenters. The number of aromatic nitrogens is 2. The predicted octanol–water partition coefficient (Wildman–Crippen LogP) is 4.62. The normalized spacial score (nSPS) is 13.6. The number of nitriles is 1. The molecule has 2 N–H and O–H groups in total. The Hall–Kier alpha value is -3.72. The highest BCUT2D eigenvalue weighted by Gasteiger charge is 2.18. The number of carbonyl (C=O) groups excluding carboxylic acids is 1. The molecule has 0 spiro atoms. The summed E-state index contributed by atoms with van der Waals surface area (Å²) in [5.41, 5.74) is 1.97. The van der Waals surface area contributed by atoms with E-state index < -0.39 is 0 Å². The zero-order valence-corrected chi connectivity index (χ0v) is 15.9. The molecule has 6 heteroatoms. The summed E-state index contributed by atoms with van der Waals surface area (Å²) in [5, 5.41) is 15.5. The third-order valence-electron chi connectivity index (χ3n) is 4.99. The molecule has 6 nitrogen and oxygen atoms in total. The van der Waals surface area contributed by atoms with Gasteiger partial charge < -0.3 is 10.6 Å². The van der Waals surface area contributed by atoms with Gasteiger partial charge in [0, 0.05) is 17.7 Å². The van der Waals surface area contributed by atoms with Gasteiger partial charge in [-0.1, -0.05) is 55.3 Å². The van der Waals surface area contributed by atoms with Gasteiger partial charge in [0.2, 0.25) is 0 Å². The van der Waals surface area contributed by atoms with Crippen molar-refractivity contribution in [2.45, 2.75) is 31.7 Å². The molecule has 1 saturated carbocycles. The van der Waals surface area contributed by atoms with Crippen LogP contribution in [0.25, 0.3) is 11.4 Å². The smallest absolute Gasteiger partial charge is 0.274 e. The van der Waals surface area contributed by atoms with Gasteiger partial charge in [-0.3, -0.25) is 4.79 Å². The predicted molar refractivity (Wildman–Crippen MR) is 112 cm³/mol. The summed E-state index contributed by atoms with van der Waals surface area (Å²) in [4.78, 5) is 22.0. The van der Waals surface area contributed by atoms with Crippen LogP contribution in [0.3, 0.4) is 0 Å². The van der Waals surface area contributed by atoms with Crippen LogP contribution in [-0.4, -0.2) is 21.9 Å². The van der Waals surface area contributed by atoms with Crippen LogP contribution in [0.5, 0.6) is 0 Å². The molecular weight excluding hydrogens is 362 g/mol. The third kappa shape index (κ3) is 4.41. The number of benzene rings is 2. The second-order valence-corrected chi connectivity index (χ2v) is 7.07. The van der Waals surface area contributed by atoms with Crippen molar-refractivity contribution in [2.24, 2.45) is 0 Å². The molecule has 4 rings (SSSR count). The average Bonchev–Trinajstić information content (AvgIpc) is 3.27. The molecule has 0 unspecified atom stereocenters. The molecule has 1 aliphatic carbocycles. The summed E-state index contributed by atoms with van der Waals surface area (Å²) in [7, 11) is 0. The van der Waals surface area contributed by atoms with E-state index in [4.69, 9.17) is 0 Å². The molecule has 0 saturated heterocycles. The van der Waals surface area contributed by atoms with Crippen molar-refractivity contribution in [2.75, 3.05) is 10.6 Å². The maximum atomic E-state index is 12.9. The molecule has 29 heavy (non-hydrogen) atoms. The fraction of sp³-hybridized carbons (Fsp3) is 0.217. The summed E-state index contributed by atoms with van der Waals surface area (Å²) < 4.78 is 0. The monoisotopic (exact) mass is 383 g/mol. The number of para-hydroxylation sites is 1. The van der Waals surface area contributed by atoms with Crippen LogP contribution in [0, 0.1) is 11.3 Å². The molecule has 1 fully saturated rings. The SMILES string of the molecule is N#Cc1ccccc1NC(=O)c1cc(NC2CCCC2)nc(-c2ccccc2)n1. The fourth-order valence-electron chi connectivity index (χ4n) is 3.51. The van der Waals surface area contributed by atoms with Crippen molar-refractivity contribution in [3.05, 3.63) is 71.9 Å². The van der Waals surface area contributed by atoms with E-state index in [9.17, 15) is 10.1 Å². The summed E-state index contributed by atoms with van der Waals surface area (Å²) in [6, 6.07) is 20.6. The molecule has 0 aliphatic heterocycles. The van der Waals surface area contributed by atoms with Crippen molar-refractivity contribution >= 4 is 17.4 Å². The summed E-state index contributed by atoms with van der Waals surface area (Å²) in [5.74, 6) is 0.763. The Kier molecular flexibility index (Phi) is 5.48. The van der Waals surface area contributed by atoms with Crippen LogP contribution < -0.4 is 10.6 Å². The van der Waals surface area contributed by atoms with Crippen molar-refractivity contribution in [3.63, 3.8) is 0 Å². The Bertz CT molecular complexity index is 1050. The molecule has 144 valence electrons. The Morgan fingerprint density at radius 3 is 2.48 bits per heavy atom. The minimum atomic E-state index is -0.373. The van der Waals surface area contributed by atoms with Crippen molar-refractivity contribution in [1.82, 2.24) is 9.97 Å². The molecule has 0 radical (unpaired) electrons. The van der Waals surface area contributed by atoms with E-state index in [1.54, 1.807) is 30.3 Å².